The summed E-state index contributed by atoms with van der Waals surface area (Å²) < 4.78 is 10.9. The molecule has 2 rings (SSSR count). The van der Waals surface area contributed by atoms with Crippen molar-refractivity contribution >= 4 is 11.0 Å². The van der Waals surface area contributed by atoms with Gasteiger partial charge in [-0.05, 0) is 26.2 Å². The number of fused-ring (bicyclic) bond motifs is 1. The van der Waals surface area contributed by atoms with Crippen LogP contribution in [0.2, 0.25) is 0 Å². The van der Waals surface area contributed by atoms with Crippen LogP contribution >= 0.6 is 0 Å². The van der Waals surface area contributed by atoms with E-state index >= 15 is 0 Å². The molecule has 1 heterocycles. The summed E-state index contributed by atoms with van der Waals surface area (Å²) in [4.78, 5) is 13.8. The Morgan fingerprint density at radius 1 is 1.29 bits per heavy atom. The van der Waals surface area contributed by atoms with Crippen LogP contribution in [0.1, 0.15) is 0 Å². The number of likely N-dealkylation sites (N-methyl/N-ethyl adjacent to an activating group) is 1. The first-order valence-corrected chi connectivity index (χ1v) is 5.46. The van der Waals surface area contributed by atoms with Crippen molar-refractivity contribution in [3.05, 3.63) is 40.8 Å². The molecule has 0 aliphatic rings. The Morgan fingerprint density at radius 3 is 2.88 bits per heavy atom. The first-order chi connectivity index (χ1) is 8.18. The molecular weight excluding hydrogens is 218 g/mol. The zero-order valence-corrected chi connectivity index (χ0v) is 9.97. The van der Waals surface area contributed by atoms with Gasteiger partial charge in [0.15, 0.2) is 5.43 Å². The molecule has 0 spiro atoms. The Balaban J connectivity index is 2.31. The molecule has 0 atom stereocenters. The van der Waals surface area contributed by atoms with Gasteiger partial charge < -0.3 is 14.1 Å². The van der Waals surface area contributed by atoms with Gasteiger partial charge in [0.25, 0.3) is 0 Å². The Kier molecular flexibility index (Phi) is 3.44. The molecule has 0 radical (unpaired) electrons. The van der Waals surface area contributed by atoms with Crippen LogP contribution in [-0.2, 0) is 0 Å². The zero-order valence-electron chi connectivity index (χ0n) is 9.97. The van der Waals surface area contributed by atoms with E-state index in [-0.39, 0.29) is 5.43 Å². The molecule has 0 aliphatic carbocycles. The highest BCUT2D eigenvalue weighted by molar-refractivity contribution is 5.82. The monoisotopic (exact) mass is 233 g/mol. The van der Waals surface area contributed by atoms with Crippen LogP contribution in [0.3, 0.4) is 0 Å². The maximum atomic E-state index is 11.7. The standard InChI is InChI=1S/C13H15NO3/c1-14(2)7-9-17-12-5-3-4-11-13(12)10(15)6-8-16-11/h3-6,8H,7,9H2,1-2H3. The van der Waals surface area contributed by atoms with Crippen molar-refractivity contribution in [3.8, 4) is 5.75 Å². The second-order valence-electron chi connectivity index (χ2n) is 4.07. The van der Waals surface area contributed by atoms with E-state index in [2.05, 4.69) is 0 Å². The van der Waals surface area contributed by atoms with Gasteiger partial charge in [-0.15, -0.1) is 0 Å². The first kappa shape index (κ1) is 11.7. The number of rotatable bonds is 4. The number of hydrogen-bond acceptors (Lipinski definition) is 4. The molecular formula is C13H15NO3. The van der Waals surface area contributed by atoms with E-state index in [4.69, 9.17) is 9.15 Å². The highest BCUT2D eigenvalue weighted by Crippen LogP contribution is 2.21. The molecule has 0 saturated heterocycles. The normalized spacial score (nSPS) is 11.0. The van der Waals surface area contributed by atoms with Crippen molar-refractivity contribution in [2.75, 3.05) is 27.2 Å². The molecule has 90 valence electrons. The molecule has 0 amide bonds. The topological polar surface area (TPSA) is 42.7 Å². The van der Waals surface area contributed by atoms with Crippen LogP contribution in [-0.4, -0.2) is 32.1 Å². The van der Waals surface area contributed by atoms with Gasteiger partial charge in [0.05, 0.1) is 6.26 Å². The predicted molar refractivity (Wildman–Crippen MR) is 66.5 cm³/mol. The third-order valence-corrected chi connectivity index (χ3v) is 2.44. The lowest BCUT2D eigenvalue weighted by Crippen LogP contribution is -2.19. The minimum Gasteiger partial charge on any atom is -0.491 e. The highest BCUT2D eigenvalue weighted by Gasteiger charge is 2.07. The zero-order chi connectivity index (χ0) is 12.3. The van der Waals surface area contributed by atoms with Crippen molar-refractivity contribution in [1.29, 1.82) is 0 Å². The fourth-order valence-corrected chi connectivity index (χ4v) is 1.56. The minimum atomic E-state index is -0.0771. The van der Waals surface area contributed by atoms with Crippen molar-refractivity contribution in [2.45, 2.75) is 0 Å². The summed E-state index contributed by atoms with van der Waals surface area (Å²) in [5, 5.41) is 0.508. The second kappa shape index (κ2) is 5.01. The first-order valence-electron chi connectivity index (χ1n) is 5.46. The second-order valence-corrected chi connectivity index (χ2v) is 4.07. The average Bonchev–Trinajstić information content (AvgIpc) is 2.29. The van der Waals surface area contributed by atoms with Gasteiger partial charge in [0.1, 0.15) is 23.3 Å². The molecule has 4 nitrogen and oxygen atoms in total. The minimum absolute atomic E-state index is 0.0771. The van der Waals surface area contributed by atoms with E-state index in [1.165, 1.54) is 12.3 Å². The SMILES string of the molecule is CN(C)CCOc1cccc2occc(=O)c12. The summed E-state index contributed by atoms with van der Waals surface area (Å²) in [6.07, 6.45) is 1.40. The van der Waals surface area contributed by atoms with Crippen LogP contribution in [0.4, 0.5) is 0 Å². The van der Waals surface area contributed by atoms with E-state index in [1.807, 2.05) is 25.1 Å². The van der Waals surface area contributed by atoms with Crippen molar-refractivity contribution < 1.29 is 9.15 Å². The van der Waals surface area contributed by atoms with Crippen molar-refractivity contribution in [1.82, 2.24) is 4.90 Å². The summed E-state index contributed by atoms with van der Waals surface area (Å²) in [7, 11) is 3.95. The molecule has 0 N–H and O–H groups in total. The Bertz CT molecular complexity index is 555. The lowest BCUT2D eigenvalue weighted by Gasteiger charge is -2.11. The molecule has 1 aromatic carbocycles. The van der Waals surface area contributed by atoms with Gasteiger partial charge in [-0.25, -0.2) is 0 Å². The fourth-order valence-electron chi connectivity index (χ4n) is 1.56. The molecule has 0 bridgehead atoms. The van der Waals surface area contributed by atoms with Gasteiger partial charge in [-0.3, -0.25) is 4.79 Å². The van der Waals surface area contributed by atoms with Gasteiger partial charge in [0.2, 0.25) is 0 Å². The van der Waals surface area contributed by atoms with E-state index in [1.54, 1.807) is 12.1 Å². The highest BCUT2D eigenvalue weighted by atomic mass is 16.5. The summed E-state index contributed by atoms with van der Waals surface area (Å²) in [5.41, 5.74) is 0.478. The largest absolute Gasteiger partial charge is 0.491 e. The maximum Gasteiger partial charge on any atom is 0.196 e. The third-order valence-electron chi connectivity index (χ3n) is 2.44. The Hall–Kier alpha value is -1.81. The third kappa shape index (κ3) is 2.65. The van der Waals surface area contributed by atoms with Crippen LogP contribution in [0.25, 0.3) is 11.0 Å². The van der Waals surface area contributed by atoms with E-state index in [0.29, 0.717) is 23.3 Å². The Morgan fingerprint density at radius 2 is 2.12 bits per heavy atom. The molecule has 0 fully saturated rings. The van der Waals surface area contributed by atoms with Gasteiger partial charge >= 0.3 is 0 Å². The number of hydrogen-bond donors (Lipinski definition) is 0. The van der Waals surface area contributed by atoms with E-state index in [0.717, 1.165) is 6.54 Å². The van der Waals surface area contributed by atoms with Crippen molar-refractivity contribution in [2.24, 2.45) is 0 Å². The van der Waals surface area contributed by atoms with E-state index < -0.39 is 0 Å². The number of ether oxygens (including phenoxy) is 1. The Labute approximate surface area is 99.4 Å². The summed E-state index contributed by atoms with van der Waals surface area (Å²) in [6, 6.07) is 6.77. The number of nitrogens with zero attached hydrogens (tertiary/aromatic N) is 1. The summed E-state index contributed by atoms with van der Waals surface area (Å²) in [5.74, 6) is 0.582. The molecule has 4 heteroatoms. The molecule has 2 aromatic rings. The maximum absolute atomic E-state index is 11.7. The van der Waals surface area contributed by atoms with Crippen LogP contribution in [0.15, 0.2) is 39.7 Å². The van der Waals surface area contributed by atoms with Crippen molar-refractivity contribution in [3.63, 3.8) is 0 Å². The lowest BCUT2D eigenvalue weighted by atomic mass is 10.2. The fraction of sp³-hybridized carbons (Fsp3) is 0.308. The summed E-state index contributed by atoms with van der Waals surface area (Å²) >= 11 is 0. The van der Waals surface area contributed by atoms with Crippen LogP contribution in [0, 0.1) is 0 Å². The quantitative estimate of drug-likeness (QED) is 0.806. The molecule has 0 unspecified atom stereocenters. The lowest BCUT2D eigenvalue weighted by molar-refractivity contribution is 0.263. The molecule has 17 heavy (non-hydrogen) atoms. The van der Waals surface area contributed by atoms with E-state index in [9.17, 15) is 4.79 Å². The van der Waals surface area contributed by atoms with Crippen LogP contribution in [0.5, 0.6) is 5.75 Å². The molecule has 1 aromatic heterocycles. The molecule has 0 aliphatic heterocycles. The smallest absolute Gasteiger partial charge is 0.196 e. The predicted octanol–water partition coefficient (Wildman–Crippen LogP) is 1.73. The van der Waals surface area contributed by atoms with Crippen LogP contribution < -0.4 is 10.2 Å². The van der Waals surface area contributed by atoms with Gasteiger partial charge in [-0.2, -0.15) is 0 Å². The van der Waals surface area contributed by atoms with Gasteiger partial charge in [-0.1, -0.05) is 6.07 Å². The average molecular weight is 233 g/mol. The number of benzene rings is 1. The van der Waals surface area contributed by atoms with Gasteiger partial charge in [0, 0.05) is 12.6 Å². The summed E-state index contributed by atoms with van der Waals surface area (Å²) in [6.45, 7) is 1.34. The molecule has 0 saturated carbocycles.